The first-order valence-corrected chi connectivity index (χ1v) is 3.05. The molecule has 1 aromatic rings. The lowest BCUT2D eigenvalue weighted by Gasteiger charge is -1.93. The van der Waals surface area contributed by atoms with Crippen molar-refractivity contribution in [1.82, 2.24) is 0 Å². The summed E-state index contributed by atoms with van der Waals surface area (Å²) in [7, 11) is 0. The number of benzene rings is 1. The van der Waals surface area contributed by atoms with Crippen LogP contribution in [0.4, 0.5) is 0 Å². The van der Waals surface area contributed by atoms with E-state index in [1.54, 1.807) is 0 Å². The highest BCUT2D eigenvalue weighted by molar-refractivity contribution is 6.31. The summed E-state index contributed by atoms with van der Waals surface area (Å²) in [6, 6.07) is 4.20. The normalized spacial score (nSPS) is 9.30. The highest BCUT2D eigenvalue weighted by Crippen LogP contribution is 2.17. The van der Waals surface area contributed by atoms with Crippen molar-refractivity contribution in [3.05, 3.63) is 28.8 Å². The molecule has 0 aliphatic rings. The van der Waals surface area contributed by atoms with E-state index in [2.05, 4.69) is 0 Å². The topological polar surface area (TPSA) is 37.3 Å². The molecule has 0 aliphatic heterocycles. The average molecular weight is 157 g/mol. The summed E-state index contributed by atoms with van der Waals surface area (Å²) in [4.78, 5) is 10.1. The van der Waals surface area contributed by atoms with E-state index in [0.717, 1.165) is 0 Å². The van der Waals surface area contributed by atoms with Crippen LogP contribution in [0.2, 0.25) is 5.02 Å². The number of halogens is 1. The van der Waals surface area contributed by atoms with Gasteiger partial charge in [0.05, 0.1) is 0 Å². The van der Waals surface area contributed by atoms with Gasteiger partial charge in [-0.2, -0.15) is 0 Å². The van der Waals surface area contributed by atoms with Gasteiger partial charge in [0.15, 0.2) is 0 Å². The van der Waals surface area contributed by atoms with Crippen LogP contribution in [0, 0.1) is 0 Å². The lowest BCUT2D eigenvalue weighted by atomic mass is 10.2. The van der Waals surface area contributed by atoms with Crippen LogP contribution < -0.4 is 0 Å². The maximum absolute atomic E-state index is 10.1. The predicted molar refractivity (Wildman–Crippen MR) is 38.5 cm³/mol. The molecule has 0 fully saturated rings. The molecule has 0 radical (unpaired) electrons. The SMILES string of the molecule is O=Cc1cc(O)cc(Cl)c1. The molecule has 1 N–H and O–H groups in total. The molecule has 0 saturated carbocycles. The third kappa shape index (κ3) is 1.48. The van der Waals surface area contributed by atoms with Crippen molar-refractivity contribution >= 4 is 17.9 Å². The summed E-state index contributed by atoms with van der Waals surface area (Å²) in [5.74, 6) is 0.00889. The smallest absolute Gasteiger partial charge is 0.150 e. The van der Waals surface area contributed by atoms with Crippen molar-refractivity contribution in [2.45, 2.75) is 0 Å². The van der Waals surface area contributed by atoms with Gasteiger partial charge in [-0.25, -0.2) is 0 Å². The Morgan fingerprint density at radius 2 is 2.10 bits per heavy atom. The molecule has 0 heterocycles. The Hall–Kier alpha value is -1.02. The number of carbonyl (C=O) groups excluding carboxylic acids is 1. The average Bonchev–Trinajstić information content (AvgIpc) is 1.85. The largest absolute Gasteiger partial charge is 0.508 e. The Balaban J connectivity index is 3.18. The van der Waals surface area contributed by atoms with Crippen LogP contribution in [0.15, 0.2) is 18.2 Å². The van der Waals surface area contributed by atoms with Crippen molar-refractivity contribution in [3.8, 4) is 5.75 Å². The third-order valence-corrected chi connectivity index (χ3v) is 1.26. The molecule has 0 aliphatic carbocycles. The Morgan fingerprint density at radius 1 is 1.40 bits per heavy atom. The van der Waals surface area contributed by atoms with Gasteiger partial charge in [-0.05, 0) is 18.2 Å². The van der Waals surface area contributed by atoms with E-state index in [0.29, 0.717) is 16.9 Å². The number of carbonyl (C=O) groups is 1. The maximum atomic E-state index is 10.1. The van der Waals surface area contributed by atoms with Crippen LogP contribution in [0.3, 0.4) is 0 Å². The van der Waals surface area contributed by atoms with E-state index in [1.807, 2.05) is 0 Å². The predicted octanol–water partition coefficient (Wildman–Crippen LogP) is 1.86. The highest BCUT2D eigenvalue weighted by atomic mass is 35.5. The van der Waals surface area contributed by atoms with E-state index in [9.17, 15) is 4.79 Å². The Bertz CT molecular complexity index is 238. The molecule has 0 atom stereocenters. The van der Waals surface area contributed by atoms with Crippen LogP contribution in [-0.4, -0.2) is 11.4 Å². The van der Waals surface area contributed by atoms with E-state index in [-0.39, 0.29) is 5.75 Å². The van der Waals surface area contributed by atoms with Gasteiger partial charge in [-0.3, -0.25) is 4.79 Å². The molecule has 0 bridgehead atoms. The number of aldehydes is 1. The first-order chi connectivity index (χ1) is 4.72. The standard InChI is InChI=1S/C7H5ClO2/c8-6-1-5(4-9)2-7(10)3-6/h1-4,10H. The molecular weight excluding hydrogens is 152 g/mol. The van der Waals surface area contributed by atoms with Crippen molar-refractivity contribution in [2.24, 2.45) is 0 Å². The summed E-state index contributed by atoms with van der Waals surface area (Å²) in [6.07, 6.45) is 0.631. The number of phenolic OH excluding ortho intramolecular Hbond substituents is 1. The fourth-order valence-corrected chi connectivity index (χ4v) is 0.902. The number of hydrogen-bond acceptors (Lipinski definition) is 2. The van der Waals surface area contributed by atoms with E-state index >= 15 is 0 Å². The molecule has 0 unspecified atom stereocenters. The summed E-state index contributed by atoms with van der Waals surface area (Å²) >= 11 is 5.51. The monoisotopic (exact) mass is 156 g/mol. The maximum Gasteiger partial charge on any atom is 0.150 e. The minimum Gasteiger partial charge on any atom is -0.508 e. The molecule has 0 saturated heterocycles. The molecule has 2 nitrogen and oxygen atoms in total. The fourth-order valence-electron chi connectivity index (χ4n) is 0.664. The first-order valence-electron chi connectivity index (χ1n) is 2.67. The number of rotatable bonds is 1. The molecule has 1 aromatic carbocycles. The molecule has 0 spiro atoms. The summed E-state index contributed by atoms with van der Waals surface area (Å²) in [5.41, 5.74) is 0.380. The Kier molecular flexibility index (Phi) is 1.92. The third-order valence-electron chi connectivity index (χ3n) is 1.04. The van der Waals surface area contributed by atoms with Crippen molar-refractivity contribution in [3.63, 3.8) is 0 Å². The second kappa shape index (κ2) is 2.71. The van der Waals surface area contributed by atoms with E-state index in [4.69, 9.17) is 16.7 Å². The minimum absolute atomic E-state index is 0.00889. The van der Waals surface area contributed by atoms with Gasteiger partial charge in [-0.15, -0.1) is 0 Å². The second-order valence-electron chi connectivity index (χ2n) is 1.86. The molecule has 0 aromatic heterocycles. The number of aromatic hydroxyl groups is 1. The Labute approximate surface area is 63.1 Å². The van der Waals surface area contributed by atoms with Crippen molar-refractivity contribution in [1.29, 1.82) is 0 Å². The number of hydrogen-bond donors (Lipinski definition) is 1. The zero-order valence-electron chi connectivity index (χ0n) is 5.04. The van der Waals surface area contributed by atoms with Gasteiger partial charge in [0.25, 0.3) is 0 Å². The summed E-state index contributed by atoms with van der Waals surface area (Å²) in [6.45, 7) is 0. The molecule has 3 heteroatoms. The van der Waals surface area contributed by atoms with Crippen LogP contribution in [-0.2, 0) is 0 Å². The zero-order chi connectivity index (χ0) is 7.56. The van der Waals surface area contributed by atoms with Crippen LogP contribution in [0.5, 0.6) is 5.75 Å². The number of phenols is 1. The second-order valence-corrected chi connectivity index (χ2v) is 2.30. The van der Waals surface area contributed by atoms with E-state index in [1.165, 1.54) is 18.2 Å². The molecule has 1 rings (SSSR count). The van der Waals surface area contributed by atoms with E-state index < -0.39 is 0 Å². The van der Waals surface area contributed by atoms with Crippen LogP contribution >= 0.6 is 11.6 Å². The van der Waals surface area contributed by atoms with Gasteiger partial charge < -0.3 is 5.11 Å². The van der Waals surface area contributed by atoms with Gasteiger partial charge in [0, 0.05) is 10.6 Å². The minimum atomic E-state index is 0.00889. The van der Waals surface area contributed by atoms with Crippen molar-refractivity contribution < 1.29 is 9.90 Å². The van der Waals surface area contributed by atoms with Gasteiger partial charge in [0.2, 0.25) is 0 Å². The van der Waals surface area contributed by atoms with Crippen molar-refractivity contribution in [2.75, 3.05) is 0 Å². The zero-order valence-corrected chi connectivity index (χ0v) is 5.80. The first kappa shape index (κ1) is 7.09. The molecule has 10 heavy (non-hydrogen) atoms. The quantitative estimate of drug-likeness (QED) is 0.631. The summed E-state index contributed by atoms with van der Waals surface area (Å²) in [5, 5.41) is 9.24. The molecule has 0 amide bonds. The lowest BCUT2D eigenvalue weighted by Crippen LogP contribution is -1.77. The van der Waals surface area contributed by atoms with Gasteiger partial charge in [0.1, 0.15) is 12.0 Å². The van der Waals surface area contributed by atoms with Crippen LogP contribution in [0.25, 0.3) is 0 Å². The molecular formula is C7H5ClO2. The van der Waals surface area contributed by atoms with Gasteiger partial charge in [-0.1, -0.05) is 11.6 Å². The highest BCUT2D eigenvalue weighted by Gasteiger charge is 1.95. The molecule has 52 valence electrons. The van der Waals surface area contributed by atoms with Crippen LogP contribution in [0.1, 0.15) is 10.4 Å². The fraction of sp³-hybridized carbons (Fsp3) is 0. The van der Waals surface area contributed by atoms with Gasteiger partial charge >= 0.3 is 0 Å². The Morgan fingerprint density at radius 3 is 2.60 bits per heavy atom. The summed E-state index contributed by atoms with van der Waals surface area (Å²) < 4.78 is 0. The lowest BCUT2D eigenvalue weighted by molar-refractivity contribution is 0.112.